The number of rotatable bonds is 6. The van der Waals surface area contributed by atoms with Crippen molar-refractivity contribution >= 4 is 50.9 Å². The van der Waals surface area contributed by atoms with E-state index in [1.165, 1.54) is 0 Å². The second kappa shape index (κ2) is 9.66. The fourth-order valence-corrected chi connectivity index (χ4v) is 2.72. The predicted octanol–water partition coefficient (Wildman–Crippen LogP) is 3.67. The summed E-state index contributed by atoms with van der Waals surface area (Å²) in [5, 5.41) is 1.15. The normalized spacial score (nSPS) is 10.2. The minimum Gasteiger partial charge on any atom is -0.484 e. The van der Waals surface area contributed by atoms with Crippen LogP contribution in [0.5, 0.6) is 11.5 Å². The van der Waals surface area contributed by atoms with Gasteiger partial charge in [-0.25, -0.2) is 0 Å². The smallest absolute Gasteiger partial charge is 0.276 e. The predicted molar refractivity (Wildman–Crippen MR) is 103 cm³/mol. The van der Waals surface area contributed by atoms with Gasteiger partial charge in [-0.3, -0.25) is 20.4 Å². The number of halogens is 3. The molecule has 138 valence electrons. The van der Waals surface area contributed by atoms with E-state index in [9.17, 15) is 9.59 Å². The lowest BCUT2D eigenvalue weighted by Gasteiger charge is -2.11. The highest BCUT2D eigenvalue weighted by atomic mass is 79.9. The van der Waals surface area contributed by atoms with E-state index in [0.717, 1.165) is 5.56 Å². The zero-order valence-electron chi connectivity index (χ0n) is 13.6. The van der Waals surface area contributed by atoms with Gasteiger partial charge in [0.05, 0.1) is 4.47 Å². The minimum atomic E-state index is -0.525. The largest absolute Gasteiger partial charge is 0.484 e. The lowest BCUT2D eigenvalue weighted by molar-refractivity contribution is -0.131. The van der Waals surface area contributed by atoms with Crippen LogP contribution in [-0.2, 0) is 9.59 Å². The topological polar surface area (TPSA) is 76.7 Å². The molecule has 0 bridgehead atoms. The maximum absolute atomic E-state index is 11.7. The van der Waals surface area contributed by atoms with Gasteiger partial charge < -0.3 is 9.47 Å². The number of hydrogen-bond donors (Lipinski definition) is 2. The Kier molecular flexibility index (Phi) is 7.56. The Labute approximate surface area is 168 Å². The highest BCUT2D eigenvalue weighted by Gasteiger charge is 2.09. The summed E-state index contributed by atoms with van der Waals surface area (Å²) in [4.78, 5) is 23.4. The summed E-state index contributed by atoms with van der Waals surface area (Å²) in [7, 11) is 0. The lowest BCUT2D eigenvalue weighted by atomic mass is 10.2. The van der Waals surface area contributed by atoms with E-state index in [2.05, 4.69) is 26.8 Å². The summed E-state index contributed by atoms with van der Waals surface area (Å²) in [6.45, 7) is 1.29. The van der Waals surface area contributed by atoms with E-state index in [4.69, 9.17) is 32.7 Å². The number of carbonyl (C=O) groups excluding carboxylic acids is 2. The number of carbonyl (C=O) groups is 2. The molecule has 0 aliphatic carbocycles. The van der Waals surface area contributed by atoms with Gasteiger partial charge in [0.15, 0.2) is 13.2 Å². The van der Waals surface area contributed by atoms with Gasteiger partial charge >= 0.3 is 0 Å². The molecule has 0 saturated carbocycles. The van der Waals surface area contributed by atoms with Gasteiger partial charge in [-0.15, -0.1) is 0 Å². The quantitative estimate of drug-likeness (QED) is 0.643. The van der Waals surface area contributed by atoms with Crippen LogP contribution in [0.3, 0.4) is 0 Å². The van der Waals surface area contributed by atoms with Gasteiger partial charge in [-0.1, -0.05) is 23.2 Å². The Bertz CT molecular complexity index is 817. The number of ether oxygens (including phenoxy) is 2. The molecule has 0 heterocycles. The van der Waals surface area contributed by atoms with Gasteiger partial charge in [-0.2, -0.15) is 0 Å². The summed E-state index contributed by atoms with van der Waals surface area (Å²) in [5.74, 6) is -0.0808. The first kappa shape index (κ1) is 20.4. The molecule has 0 aliphatic rings. The monoisotopic (exact) mass is 460 g/mol. The van der Waals surface area contributed by atoms with Crippen LogP contribution < -0.4 is 20.3 Å². The highest BCUT2D eigenvalue weighted by Crippen LogP contribution is 2.27. The molecule has 2 rings (SSSR count). The highest BCUT2D eigenvalue weighted by molar-refractivity contribution is 9.10. The van der Waals surface area contributed by atoms with Crippen LogP contribution in [0.2, 0.25) is 10.0 Å². The number of hydrogen-bond acceptors (Lipinski definition) is 4. The van der Waals surface area contributed by atoms with Gasteiger partial charge in [0.1, 0.15) is 11.5 Å². The second-order valence-electron chi connectivity index (χ2n) is 5.16. The average Bonchev–Trinajstić information content (AvgIpc) is 2.60. The standard InChI is InChI=1S/C17H15BrCl2N2O4/c1-10-6-12(3-4-14(10)20)25-8-16(23)21-22-17(24)9-26-15-5-2-11(19)7-13(15)18/h2-7H,8-9H2,1H3,(H,21,23)(H,22,24). The van der Waals surface area contributed by atoms with Gasteiger partial charge in [-0.05, 0) is 64.8 Å². The first-order valence-corrected chi connectivity index (χ1v) is 8.94. The van der Waals surface area contributed by atoms with Crippen molar-refractivity contribution in [2.24, 2.45) is 0 Å². The van der Waals surface area contributed by atoms with Gasteiger partial charge in [0.25, 0.3) is 11.8 Å². The van der Waals surface area contributed by atoms with Crippen molar-refractivity contribution in [3.63, 3.8) is 0 Å². The third kappa shape index (κ3) is 6.40. The SMILES string of the molecule is Cc1cc(OCC(=O)NNC(=O)COc2ccc(Cl)cc2Br)ccc1Cl. The van der Waals surface area contributed by atoms with Crippen molar-refractivity contribution in [2.45, 2.75) is 6.92 Å². The Morgan fingerprint density at radius 2 is 1.65 bits per heavy atom. The Balaban J connectivity index is 1.71. The Hall–Kier alpha value is -1.96. The zero-order chi connectivity index (χ0) is 19.1. The maximum Gasteiger partial charge on any atom is 0.276 e. The summed E-state index contributed by atoms with van der Waals surface area (Å²) in [5.41, 5.74) is 5.31. The molecule has 2 N–H and O–H groups in total. The number of amides is 2. The van der Waals surface area contributed by atoms with Crippen LogP contribution >= 0.6 is 39.1 Å². The van der Waals surface area contributed by atoms with Crippen molar-refractivity contribution < 1.29 is 19.1 Å². The van der Waals surface area contributed by atoms with Crippen LogP contribution in [0, 0.1) is 6.92 Å². The molecule has 2 amide bonds. The molecule has 6 nitrogen and oxygen atoms in total. The maximum atomic E-state index is 11.7. The van der Waals surface area contributed by atoms with Crippen LogP contribution in [0.1, 0.15) is 5.56 Å². The fraction of sp³-hybridized carbons (Fsp3) is 0.176. The van der Waals surface area contributed by atoms with Crippen molar-refractivity contribution in [3.05, 3.63) is 56.5 Å². The molecule has 0 spiro atoms. The molecule has 0 aliphatic heterocycles. The molecule has 0 atom stereocenters. The number of aryl methyl sites for hydroxylation is 1. The van der Waals surface area contributed by atoms with Crippen LogP contribution in [0.25, 0.3) is 0 Å². The summed E-state index contributed by atoms with van der Waals surface area (Å²) >= 11 is 15.0. The first-order chi connectivity index (χ1) is 12.3. The van der Waals surface area contributed by atoms with Crippen molar-refractivity contribution in [1.82, 2.24) is 10.9 Å². The molecule has 0 saturated heterocycles. The van der Waals surface area contributed by atoms with Crippen molar-refractivity contribution in [2.75, 3.05) is 13.2 Å². The van der Waals surface area contributed by atoms with E-state index in [1.54, 1.807) is 36.4 Å². The molecule has 0 fully saturated rings. The average molecular weight is 462 g/mol. The summed E-state index contributed by atoms with van der Waals surface area (Å²) in [6, 6.07) is 9.95. The molecule has 0 unspecified atom stereocenters. The Morgan fingerprint density at radius 1 is 1.00 bits per heavy atom. The molecule has 2 aromatic carbocycles. The second-order valence-corrected chi connectivity index (χ2v) is 6.86. The van der Waals surface area contributed by atoms with E-state index >= 15 is 0 Å². The van der Waals surface area contributed by atoms with Gasteiger partial charge in [0, 0.05) is 10.0 Å². The van der Waals surface area contributed by atoms with Crippen LogP contribution in [-0.4, -0.2) is 25.0 Å². The summed E-state index contributed by atoms with van der Waals surface area (Å²) < 4.78 is 11.3. The number of nitrogens with one attached hydrogen (secondary N) is 2. The zero-order valence-corrected chi connectivity index (χ0v) is 16.7. The van der Waals surface area contributed by atoms with Crippen molar-refractivity contribution in [3.8, 4) is 11.5 Å². The van der Waals surface area contributed by atoms with Crippen LogP contribution in [0.15, 0.2) is 40.9 Å². The lowest BCUT2D eigenvalue weighted by Crippen LogP contribution is -2.45. The third-order valence-corrected chi connectivity index (χ3v) is 4.37. The van der Waals surface area contributed by atoms with E-state index in [-0.39, 0.29) is 13.2 Å². The molecule has 0 aromatic heterocycles. The van der Waals surface area contributed by atoms with E-state index < -0.39 is 11.8 Å². The number of benzene rings is 2. The van der Waals surface area contributed by atoms with Gasteiger partial charge in [0.2, 0.25) is 0 Å². The molecule has 2 aromatic rings. The van der Waals surface area contributed by atoms with Crippen molar-refractivity contribution in [1.29, 1.82) is 0 Å². The Morgan fingerprint density at radius 3 is 2.27 bits per heavy atom. The van der Waals surface area contributed by atoms with E-state index in [1.807, 2.05) is 6.92 Å². The summed E-state index contributed by atoms with van der Waals surface area (Å²) in [6.07, 6.45) is 0. The number of hydrazine groups is 1. The van der Waals surface area contributed by atoms with E-state index in [0.29, 0.717) is 26.0 Å². The minimum absolute atomic E-state index is 0.259. The molecule has 0 radical (unpaired) electrons. The molecular weight excluding hydrogens is 447 g/mol. The van der Waals surface area contributed by atoms with Crippen LogP contribution in [0.4, 0.5) is 0 Å². The first-order valence-electron chi connectivity index (χ1n) is 7.39. The third-order valence-electron chi connectivity index (χ3n) is 3.09. The molecular formula is C17H15BrCl2N2O4. The molecule has 9 heteroatoms. The fourth-order valence-electron chi connectivity index (χ4n) is 1.80. The molecule has 26 heavy (non-hydrogen) atoms.